The highest BCUT2D eigenvalue weighted by molar-refractivity contribution is 7.90. The molecule has 8 nitrogen and oxygen atoms in total. The normalized spacial score (nSPS) is 14.5. The fraction of sp³-hybridized carbons (Fsp3) is 0.333. The van der Waals surface area contributed by atoms with Crippen molar-refractivity contribution in [2.24, 2.45) is 0 Å². The number of hydrogen-bond acceptors (Lipinski definition) is 7. The Morgan fingerprint density at radius 3 is 2.46 bits per heavy atom. The number of methoxy groups -OCH3 is 1. The molecule has 1 saturated heterocycles. The van der Waals surface area contributed by atoms with Gasteiger partial charge in [-0.15, -0.1) is 11.3 Å². The summed E-state index contributed by atoms with van der Waals surface area (Å²) in [7, 11) is -1.61. The summed E-state index contributed by atoms with van der Waals surface area (Å²) in [5.74, 6) is -0.103. The fourth-order valence-electron chi connectivity index (χ4n) is 4.90. The van der Waals surface area contributed by atoms with E-state index in [0.29, 0.717) is 29.5 Å². The van der Waals surface area contributed by atoms with Crippen LogP contribution in [0.5, 0.6) is 0 Å². The maximum Gasteiger partial charge on any atom is 0.274 e. The van der Waals surface area contributed by atoms with Gasteiger partial charge in [-0.25, -0.2) is 13.1 Å². The van der Waals surface area contributed by atoms with Crippen molar-refractivity contribution in [3.05, 3.63) is 77.4 Å². The van der Waals surface area contributed by atoms with Gasteiger partial charge in [0.15, 0.2) is 15.5 Å². The molecule has 216 valence electrons. The number of halogens is 1. The predicted molar refractivity (Wildman–Crippen MR) is 164 cm³/mol. The Kier molecular flexibility index (Phi) is 9.25. The van der Waals surface area contributed by atoms with Crippen LogP contribution in [0.3, 0.4) is 0 Å². The van der Waals surface area contributed by atoms with E-state index in [2.05, 4.69) is 4.90 Å². The minimum absolute atomic E-state index is 0.103. The van der Waals surface area contributed by atoms with Crippen LogP contribution in [0.2, 0.25) is 5.02 Å². The van der Waals surface area contributed by atoms with Crippen LogP contribution in [-0.4, -0.2) is 86.6 Å². The first-order chi connectivity index (χ1) is 19.7. The average molecular weight is 613 g/mol. The second kappa shape index (κ2) is 12.9. The van der Waals surface area contributed by atoms with Crippen LogP contribution >= 0.6 is 22.9 Å². The van der Waals surface area contributed by atoms with Crippen molar-refractivity contribution in [1.29, 1.82) is 0 Å². The molecule has 0 saturated carbocycles. The van der Waals surface area contributed by atoms with E-state index in [-0.39, 0.29) is 10.8 Å². The highest BCUT2D eigenvalue weighted by Gasteiger charge is 2.26. The highest BCUT2D eigenvalue weighted by Crippen LogP contribution is 2.37. The quantitative estimate of drug-likeness (QED) is 0.220. The van der Waals surface area contributed by atoms with Gasteiger partial charge in [-0.3, -0.25) is 9.69 Å². The third-order valence-electron chi connectivity index (χ3n) is 7.15. The van der Waals surface area contributed by atoms with Gasteiger partial charge in [0.05, 0.1) is 26.2 Å². The van der Waals surface area contributed by atoms with Crippen molar-refractivity contribution in [2.45, 2.75) is 17.7 Å². The van der Waals surface area contributed by atoms with E-state index < -0.39 is 9.84 Å². The van der Waals surface area contributed by atoms with Gasteiger partial charge in [0.25, 0.3) is 5.91 Å². The molecule has 0 atom stereocenters. The zero-order valence-corrected chi connectivity index (χ0v) is 25.5. The standard InChI is InChI=1S/C30H33ClN4O4S2/c1-39-19-6-5-14-33-15-17-34(18-16-33)30(36)25-21-27(35(32-25)26-11-4-3-10-24(26)31)29-13-12-28(40-29)22-8-7-9-23(20-22)41(2,37)38/h3-4,7-13,20-21H,5-6,14-19H2,1-2H3. The Morgan fingerprint density at radius 1 is 0.976 bits per heavy atom. The third kappa shape index (κ3) is 6.90. The summed E-state index contributed by atoms with van der Waals surface area (Å²) in [6.45, 7) is 4.74. The molecule has 1 fully saturated rings. The first kappa shape index (κ1) is 29.5. The second-order valence-electron chi connectivity index (χ2n) is 10.1. The Bertz CT molecular complexity index is 1620. The number of amides is 1. The van der Waals surface area contributed by atoms with Crippen LogP contribution in [0, 0.1) is 0 Å². The number of nitrogens with zero attached hydrogens (tertiary/aromatic N) is 4. The van der Waals surface area contributed by atoms with Crippen LogP contribution < -0.4 is 0 Å². The maximum absolute atomic E-state index is 13.6. The zero-order chi connectivity index (χ0) is 29.0. The summed E-state index contributed by atoms with van der Waals surface area (Å²) in [5, 5.41) is 5.27. The molecule has 5 rings (SSSR count). The Morgan fingerprint density at radius 2 is 1.73 bits per heavy atom. The molecule has 11 heteroatoms. The number of hydrogen-bond donors (Lipinski definition) is 0. The van der Waals surface area contributed by atoms with Crippen LogP contribution in [0.15, 0.2) is 71.6 Å². The molecular formula is C30H33ClN4O4S2. The summed E-state index contributed by atoms with van der Waals surface area (Å²) in [4.78, 5) is 19.9. The van der Waals surface area contributed by atoms with E-state index in [4.69, 9.17) is 21.4 Å². The molecule has 0 spiro atoms. The van der Waals surface area contributed by atoms with Gasteiger partial charge in [-0.1, -0.05) is 35.9 Å². The van der Waals surface area contributed by atoms with Crippen molar-refractivity contribution in [3.8, 4) is 26.7 Å². The first-order valence-corrected chi connectivity index (χ1v) is 16.6. The number of piperazine rings is 1. The number of rotatable bonds is 10. The van der Waals surface area contributed by atoms with Gasteiger partial charge in [0.2, 0.25) is 0 Å². The Balaban J connectivity index is 1.42. The second-order valence-corrected chi connectivity index (χ2v) is 13.6. The van der Waals surface area contributed by atoms with E-state index in [1.807, 2.05) is 47.4 Å². The molecule has 2 aromatic carbocycles. The minimum atomic E-state index is -3.33. The average Bonchev–Trinajstić information content (AvgIpc) is 3.63. The summed E-state index contributed by atoms with van der Waals surface area (Å²) in [6, 6.07) is 20.1. The van der Waals surface area contributed by atoms with Crippen LogP contribution in [-0.2, 0) is 14.6 Å². The summed E-state index contributed by atoms with van der Waals surface area (Å²) < 4.78 is 31.1. The number of para-hydroxylation sites is 1. The fourth-order valence-corrected chi connectivity index (χ4v) is 6.78. The lowest BCUT2D eigenvalue weighted by Gasteiger charge is -2.34. The van der Waals surface area contributed by atoms with Crippen molar-refractivity contribution in [2.75, 3.05) is 52.7 Å². The van der Waals surface area contributed by atoms with Gasteiger partial charge in [0, 0.05) is 51.0 Å². The van der Waals surface area contributed by atoms with Crippen molar-refractivity contribution in [1.82, 2.24) is 19.6 Å². The Hall–Kier alpha value is -3.02. The topological polar surface area (TPSA) is 84.7 Å². The molecule has 1 amide bonds. The maximum atomic E-state index is 13.6. The number of sulfone groups is 1. The number of aromatic nitrogens is 2. The molecule has 0 bridgehead atoms. The van der Waals surface area contributed by atoms with E-state index in [1.165, 1.54) is 17.6 Å². The largest absolute Gasteiger partial charge is 0.385 e. The third-order valence-corrected chi connectivity index (χ3v) is 9.73. The van der Waals surface area contributed by atoms with Gasteiger partial charge in [-0.05, 0) is 67.4 Å². The highest BCUT2D eigenvalue weighted by atomic mass is 35.5. The van der Waals surface area contributed by atoms with Crippen molar-refractivity contribution >= 4 is 38.7 Å². The molecule has 0 aliphatic carbocycles. The summed E-state index contributed by atoms with van der Waals surface area (Å²) in [6.07, 6.45) is 3.32. The monoisotopic (exact) mass is 612 g/mol. The number of thiophene rings is 1. The molecule has 3 heterocycles. The number of carbonyl (C=O) groups excluding carboxylic acids is 1. The number of carbonyl (C=O) groups is 1. The summed E-state index contributed by atoms with van der Waals surface area (Å²) >= 11 is 8.08. The lowest BCUT2D eigenvalue weighted by molar-refractivity contribution is 0.0626. The van der Waals surface area contributed by atoms with Gasteiger partial charge in [-0.2, -0.15) is 5.10 Å². The van der Waals surface area contributed by atoms with Crippen molar-refractivity contribution < 1.29 is 17.9 Å². The molecular weight excluding hydrogens is 580 g/mol. The first-order valence-electron chi connectivity index (χ1n) is 13.5. The van der Waals surface area contributed by atoms with Crippen LogP contribution in [0.1, 0.15) is 23.3 Å². The molecule has 0 unspecified atom stereocenters. The molecule has 41 heavy (non-hydrogen) atoms. The van der Waals surface area contributed by atoms with E-state index in [1.54, 1.807) is 36.1 Å². The SMILES string of the molecule is COCCCCN1CCN(C(=O)c2cc(-c3ccc(-c4cccc(S(C)(=O)=O)c4)s3)n(-c3ccccc3Cl)n2)CC1. The molecule has 4 aromatic rings. The lowest BCUT2D eigenvalue weighted by Crippen LogP contribution is -2.49. The van der Waals surface area contributed by atoms with Crippen LogP contribution in [0.25, 0.3) is 26.7 Å². The molecule has 1 aliphatic rings. The number of ether oxygens (including phenoxy) is 1. The zero-order valence-electron chi connectivity index (χ0n) is 23.1. The van der Waals surface area contributed by atoms with Gasteiger partial charge in [0.1, 0.15) is 0 Å². The lowest BCUT2D eigenvalue weighted by atomic mass is 10.2. The van der Waals surface area contributed by atoms with E-state index >= 15 is 0 Å². The van der Waals surface area contributed by atoms with Crippen LogP contribution in [0.4, 0.5) is 0 Å². The van der Waals surface area contributed by atoms with Gasteiger partial charge >= 0.3 is 0 Å². The summed E-state index contributed by atoms with van der Waals surface area (Å²) in [5.41, 5.74) is 2.60. The molecule has 1 aliphatic heterocycles. The van der Waals surface area contributed by atoms with Crippen molar-refractivity contribution in [3.63, 3.8) is 0 Å². The molecule has 2 aromatic heterocycles. The van der Waals surface area contributed by atoms with Gasteiger partial charge < -0.3 is 9.64 Å². The minimum Gasteiger partial charge on any atom is -0.385 e. The predicted octanol–water partition coefficient (Wildman–Crippen LogP) is 5.51. The molecule has 0 N–H and O–H groups in total. The number of benzene rings is 2. The Labute approximate surface area is 250 Å². The van der Waals surface area contributed by atoms with E-state index in [0.717, 1.165) is 60.1 Å². The van der Waals surface area contributed by atoms with E-state index in [9.17, 15) is 13.2 Å². The number of unbranched alkanes of at least 4 members (excludes halogenated alkanes) is 1. The smallest absolute Gasteiger partial charge is 0.274 e. The molecule has 0 radical (unpaired) electrons.